The van der Waals surface area contributed by atoms with E-state index in [0.717, 1.165) is 16.9 Å². The second-order valence-electron chi connectivity index (χ2n) is 8.36. The number of benzene rings is 3. The van der Waals surface area contributed by atoms with Crippen LogP contribution in [0.5, 0.6) is 17.2 Å². The van der Waals surface area contributed by atoms with Crippen molar-refractivity contribution in [1.29, 1.82) is 0 Å². The largest absolute Gasteiger partial charge is 0.494 e. The number of nitrogens with one attached hydrogen (secondary N) is 1. The van der Waals surface area contributed by atoms with Crippen molar-refractivity contribution in [3.05, 3.63) is 85.8 Å². The second kappa shape index (κ2) is 12.5. The summed E-state index contributed by atoms with van der Waals surface area (Å²) < 4.78 is 17.5. The second-order valence-corrected chi connectivity index (χ2v) is 10.1. The molecule has 1 aliphatic heterocycles. The van der Waals surface area contributed by atoms with Crippen LogP contribution in [0, 0.1) is 0 Å². The molecule has 1 heterocycles. The lowest BCUT2D eigenvalue weighted by Crippen LogP contribution is -2.54. The number of nitrogens with zero attached hydrogens (tertiary/aromatic N) is 1. The SMILES string of the molecule is CCCOc1ccc(N2C(=O)NC(=O)/C(=C/c3cc(Br)c(OCc4ccc(Cl)cc4Cl)c(OC)c3)C2=O)cc1. The van der Waals surface area contributed by atoms with Crippen molar-refractivity contribution in [3.63, 3.8) is 0 Å². The van der Waals surface area contributed by atoms with Gasteiger partial charge >= 0.3 is 6.03 Å². The van der Waals surface area contributed by atoms with Gasteiger partial charge in [0.1, 0.15) is 17.9 Å². The van der Waals surface area contributed by atoms with E-state index in [1.807, 2.05) is 6.92 Å². The topological polar surface area (TPSA) is 94.2 Å². The number of hydrogen-bond acceptors (Lipinski definition) is 6. The summed E-state index contributed by atoms with van der Waals surface area (Å²) in [6.45, 7) is 2.68. The van der Waals surface area contributed by atoms with Crippen molar-refractivity contribution in [1.82, 2.24) is 5.32 Å². The molecule has 0 bridgehead atoms. The molecule has 1 aliphatic rings. The number of carbonyl (C=O) groups excluding carboxylic acids is 3. The number of urea groups is 1. The maximum absolute atomic E-state index is 13.3. The Hall–Kier alpha value is -3.53. The minimum absolute atomic E-state index is 0.144. The van der Waals surface area contributed by atoms with Gasteiger partial charge in [0.25, 0.3) is 11.8 Å². The standard InChI is InChI=1S/C28H23BrCl2N2O6/c1-3-10-38-20-8-6-19(7-9-20)33-27(35)21(26(34)32-28(33)36)11-16-12-22(29)25(24(13-16)37-2)39-15-17-4-5-18(30)14-23(17)31/h4-9,11-14H,3,10,15H2,1-2H3,(H,32,34,36)/b21-11-. The summed E-state index contributed by atoms with van der Waals surface area (Å²) in [4.78, 5) is 39.4. The van der Waals surface area contributed by atoms with Crippen molar-refractivity contribution < 1.29 is 28.6 Å². The number of halogens is 3. The Bertz CT molecular complexity index is 1460. The number of anilines is 1. The summed E-state index contributed by atoms with van der Waals surface area (Å²) in [5.41, 5.74) is 1.26. The third-order valence-corrected chi connectivity index (χ3v) is 6.80. The highest BCUT2D eigenvalue weighted by Gasteiger charge is 2.37. The normalized spacial score (nSPS) is 14.4. The summed E-state index contributed by atoms with van der Waals surface area (Å²) >= 11 is 15.7. The van der Waals surface area contributed by atoms with Gasteiger partial charge in [0, 0.05) is 15.6 Å². The van der Waals surface area contributed by atoms with Crippen LogP contribution >= 0.6 is 39.1 Å². The summed E-state index contributed by atoms with van der Waals surface area (Å²) in [6, 6.07) is 14.0. The molecule has 1 saturated heterocycles. The molecule has 0 aliphatic carbocycles. The van der Waals surface area contributed by atoms with Gasteiger partial charge in [-0.2, -0.15) is 0 Å². The van der Waals surface area contributed by atoms with E-state index >= 15 is 0 Å². The third kappa shape index (κ3) is 6.55. The molecule has 3 aromatic rings. The number of amides is 4. The van der Waals surface area contributed by atoms with Gasteiger partial charge in [-0.1, -0.05) is 36.2 Å². The number of carbonyl (C=O) groups is 3. The van der Waals surface area contributed by atoms with E-state index in [0.29, 0.717) is 49.6 Å². The van der Waals surface area contributed by atoms with Gasteiger partial charge in [0.05, 0.1) is 23.9 Å². The first kappa shape index (κ1) is 28.5. The Morgan fingerprint density at radius 2 is 1.74 bits per heavy atom. The number of barbiturate groups is 1. The van der Waals surface area contributed by atoms with E-state index < -0.39 is 17.8 Å². The molecule has 0 aromatic heterocycles. The Morgan fingerprint density at radius 3 is 2.41 bits per heavy atom. The number of hydrogen-bond donors (Lipinski definition) is 1. The zero-order valence-corrected chi connectivity index (χ0v) is 24.0. The summed E-state index contributed by atoms with van der Waals surface area (Å²) in [7, 11) is 1.47. The Morgan fingerprint density at radius 1 is 1.00 bits per heavy atom. The molecule has 0 unspecified atom stereocenters. The maximum Gasteiger partial charge on any atom is 0.335 e. The molecule has 3 aromatic carbocycles. The van der Waals surface area contributed by atoms with Crippen LogP contribution in [0.25, 0.3) is 6.08 Å². The van der Waals surface area contributed by atoms with Crippen LogP contribution in [0.3, 0.4) is 0 Å². The van der Waals surface area contributed by atoms with Crippen molar-refractivity contribution in [2.24, 2.45) is 0 Å². The van der Waals surface area contributed by atoms with Crippen molar-refractivity contribution in [2.75, 3.05) is 18.6 Å². The van der Waals surface area contributed by atoms with Crippen LogP contribution in [0.1, 0.15) is 24.5 Å². The number of methoxy groups -OCH3 is 1. The van der Waals surface area contributed by atoms with Crippen LogP contribution in [0.15, 0.2) is 64.6 Å². The van der Waals surface area contributed by atoms with Gasteiger partial charge in [-0.05, 0) is 82.5 Å². The van der Waals surface area contributed by atoms with E-state index in [-0.39, 0.29) is 12.2 Å². The fourth-order valence-electron chi connectivity index (χ4n) is 3.72. The highest BCUT2D eigenvalue weighted by Crippen LogP contribution is 2.38. The molecule has 1 fully saturated rings. The van der Waals surface area contributed by atoms with E-state index in [1.165, 1.54) is 13.2 Å². The molecule has 0 radical (unpaired) electrons. The highest BCUT2D eigenvalue weighted by atomic mass is 79.9. The van der Waals surface area contributed by atoms with E-state index in [9.17, 15) is 14.4 Å². The quantitative estimate of drug-likeness (QED) is 0.206. The average molecular weight is 634 g/mol. The molecule has 8 nitrogen and oxygen atoms in total. The van der Waals surface area contributed by atoms with Gasteiger partial charge in [0.15, 0.2) is 11.5 Å². The molecular formula is C28H23BrCl2N2O6. The monoisotopic (exact) mass is 632 g/mol. The Balaban J connectivity index is 1.60. The lowest BCUT2D eigenvalue weighted by Gasteiger charge is -2.26. The van der Waals surface area contributed by atoms with Crippen LogP contribution < -0.4 is 24.4 Å². The van der Waals surface area contributed by atoms with Crippen molar-refractivity contribution >= 4 is 68.7 Å². The van der Waals surface area contributed by atoms with Crippen molar-refractivity contribution in [2.45, 2.75) is 20.0 Å². The lowest BCUT2D eigenvalue weighted by atomic mass is 10.1. The number of imide groups is 2. The molecule has 4 rings (SSSR count). The molecule has 0 spiro atoms. The molecule has 4 amide bonds. The van der Waals surface area contributed by atoms with Gasteiger partial charge < -0.3 is 14.2 Å². The molecular weight excluding hydrogens is 611 g/mol. The lowest BCUT2D eigenvalue weighted by molar-refractivity contribution is -0.122. The van der Waals surface area contributed by atoms with Crippen LogP contribution in [-0.4, -0.2) is 31.6 Å². The smallest absolute Gasteiger partial charge is 0.335 e. The molecule has 0 saturated carbocycles. The summed E-state index contributed by atoms with van der Waals surface area (Å²) in [5.74, 6) is -0.224. The van der Waals surface area contributed by atoms with Crippen molar-refractivity contribution in [3.8, 4) is 17.2 Å². The first-order valence-electron chi connectivity index (χ1n) is 11.8. The number of rotatable bonds is 9. The van der Waals surface area contributed by atoms with Crippen LogP contribution in [0.2, 0.25) is 10.0 Å². The zero-order valence-electron chi connectivity index (χ0n) is 20.9. The molecule has 202 valence electrons. The predicted molar refractivity (Wildman–Crippen MR) is 153 cm³/mol. The Kier molecular flexibility index (Phi) is 9.16. The molecule has 1 N–H and O–H groups in total. The average Bonchev–Trinajstić information content (AvgIpc) is 2.90. The highest BCUT2D eigenvalue weighted by molar-refractivity contribution is 9.10. The van der Waals surface area contributed by atoms with Crippen LogP contribution in [0.4, 0.5) is 10.5 Å². The zero-order chi connectivity index (χ0) is 28.1. The van der Waals surface area contributed by atoms with E-state index in [1.54, 1.807) is 54.6 Å². The third-order valence-electron chi connectivity index (χ3n) is 5.62. The van der Waals surface area contributed by atoms with E-state index in [4.69, 9.17) is 37.4 Å². The fraction of sp³-hybridized carbons (Fsp3) is 0.179. The predicted octanol–water partition coefficient (Wildman–Crippen LogP) is 6.80. The summed E-state index contributed by atoms with van der Waals surface area (Å²) in [6.07, 6.45) is 2.22. The minimum Gasteiger partial charge on any atom is -0.494 e. The fourth-order valence-corrected chi connectivity index (χ4v) is 4.76. The van der Waals surface area contributed by atoms with E-state index in [2.05, 4.69) is 21.2 Å². The minimum atomic E-state index is -0.840. The van der Waals surface area contributed by atoms with Gasteiger partial charge in [-0.3, -0.25) is 14.9 Å². The number of ether oxygens (including phenoxy) is 3. The maximum atomic E-state index is 13.3. The molecule has 39 heavy (non-hydrogen) atoms. The van der Waals surface area contributed by atoms with Crippen LogP contribution in [-0.2, 0) is 16.2 Å². The van der Waals surface area contributed by atoms with Gasteiger partial charge in [-0.25, -0.2) is 9.69 Å². The summed E-state index contributed by atoms with van der Waals surface area (Å²) in [5, 5.41) is 3.19. The molecule has 0 atom stereocenters. The van der Waals surface area contributed by atoms with Gasteiger partial charge in [0.2, 0.25) is 0 Å². The first-order valence-corrected chi connectivity index (χ1v) is 13.3. The Labute approximate surface area is 243 Å². The van der Waals surface area contributed by atoms with Gasteiger partial charge in [-0.15, -0.1) is 0 Å². The molecule has 11 heteroatoms. The first-order chi connectivity index (χ1) is 18.7.